The van der Waals surface area contributed by atoms with Gasteiger partial charge in [0.2, 0.25) is 0 Å². The van der Waals surface area contributed by atoms with E-state index in [4.69, 9.17) is 46.4 Å². The molecule has 0 fully saturated rings. The predicted octanol–water partition coefficient (Wildman–Crippen LogP) is 5.67. The molecule has 0 aliphatic heterocycles. The van der Waals surface area contributed by atoms with Crippen molar-refractivity contribution in [3.63, 3.8) is 0 Å². The monoisotopic (exact) mass is 306 g/mol. The number of benzene rings is 2. The van der Waals surface area contributed by atoms with E-state index < -0.39 is 0 Å². The van der Waals surface area contributed by atoms with Gasteiger partial charge < -0.3 is 5.11 Å². The summed E-state index contributed by atoms with van der Waals surface area (Å²) in [6.07, 6.45) is 0. The summed E-state index contributed by atoms with van der Waals surface area (Å²) in [4.78, 5) is 0. The highest BCUT2D eigenvalue weighted by molar-refractivity contribution is 6.48. The SMILES string of the molecule is Oc1cc(Cl)cc(-c2cc(Cl)c(Cl)c(Cl)c2)c1. The zero-order chi connectivity index (χ0) is 12.6. The molecule has 0 heterocycles. The van der Waals surface area contributed by atoms with Crippen LogP contribution in [-0.4, -0.2) is 5.11 Å². The standard InChI is InChI=1S/C12H6Cl4O/c13-8-1-6(2-9(17)5-8)7-3-10(14)12(16)11(15)4-7/h1-5,17H. The van der Waals surface area contributed by atoms with Crippen LogP contribution in [0.5, 0.6) is 5.75 Å². The van der Waals surface area contributed by atoms with E-state index in [2.05, 4.69) is 0 Å². The van der Waals surface area contributed by atoms with Crippen LogP contribution in [0.4, 0.5) is 0 Å². The van der Waals surface area contributed by atoms with E-state index in [1.54, 1.807) is 24.3 Å². The first-order chi connectivity index (χ1) is 7.97. The highest BCUT2D eigenvalue weighted by Gasteiger charge is 2.08. The smallest absolute Gasteiger partial charge is 0.117 e. The summed E-state index contributed by atoms with van der Waals surface area (Å²) in [5.41, 5.74) is 1.46. The minimum Gasteiger partial charge on any atom is -0.508 e. The Hall–Kier alpha value is -0.600. The summed E-state index contributed by atoms with van der Waals surface area (Å²) in [5.74, 6) is 0.0784. The van der Waals surface area contributed by atoms with Crippen molar-refractivity contribution in [1.82, 2.24) is 0 Å². The number of aromatic hydroxyl groups is 1. The van der Waals surface area contributed by atoms with Crippen LogP contribution in [0.1, 0.15) is 0 Å². The molecule has 0 amide bonds. The van der Waals surface area contributed by atoms with Crippen LogP contribution < -0.4 is 0 Å². The van der Waals surface area contributed by atoms with Crippen LogP contribution in [-0.2, 0) is 0 Å². The summed E-state index contributed by atoms with van der Waals surface area (Å²) in [5, 5.41) is 10.9. The van der Waals surface area contributed by atoms with E-state index in [9.17, 15) is 5.11 Å². The molecule has 0 radical (unpaired) electrons. The second kappa shape index (κ2) is 4.95. The van der Waals surface area contributed by atoms with Crippen molar-refractivity contribution in [3.8, 4) is 16.9 Å². The molecule has 88 valence electrons. The topological polar surface area (TPSA) is 20.2 Å². The molecule has 0 bridgehead atoms. The van der Waals surface area contributed by atoms with E-state index >= 15 is 0 Å². The lowest BCUT2D eigenvalue weighted by Gasteiger charge is -2.07. The van der Waals surface area contributed by atoms with Crippen LogP contribution in [0.2, 0.25) is 20.1 Å². The summed E-state index contributed by atoms with van der Waals surface area (Å²) in [6, 6.07) is 8.06. The van der Waals surface area contributed by atoms with E-state index in [1.807, 2.05) is 0 Å². The first-order valence-electron chi connectivity index (χ1n) is 4.62. The molecule has 0 atom stereocenters. The number of rotatable bonds is 1. The van der Waals surface area contributed by atoms with Gasteiger partial charge in [0.15, 0.2) is 0 Å². The molecule has 17 heavy (non-hydrogen) atoms. The predicted molar refractivity (Wildman–Crippen MR) is 73.6 cm³/mol. The van der Waals surface area contributed by atoms with Gasteiger partial charge in [-0.2, -0.15) is 0 Å². The zero-order valence-corrected chi connectivity index (χ0v) is 11.4. The molecular weight excluding hydrogens is 302 g/mol. The fourth-order valence-electron chi connectivity index (χ4n) is 1.46. The number of halogens is 4. The number of phenolic OH excluding ortho intramolecular Hbond substituents is 1. The van der Waals surface area contributed by atoms with Crippen LogP contribution >= 0.6 is 46.4 Å². The molecule has 0 spiro atoms. The second-order valence-corrected chi connectivity index (χ2v) is 5.08. The van der Waals surface area contributed by atoms with Gasteiger partial charge in [-0.3, -0.25) is 0 Å². The van der Waals surface area contributed by atoms with Gasteiger partial charge in [-0.25, -0.2) is 0 Å². The van der Waals surface area contributed by atoms with Crippen molar-refractivity contribution in [1.29, 1.82) is 0 Å². The van der Waals surface area contributed by atoms with Crippen molar-refractivity contribution in [3.05, 3.63) is 50.4 Å². The largest absolute Gasteiger partial charge is 0.508 e. The Morgan fingerprint density at radius 1 is 0.706 bits per heavy atom. The number of hydrogen-bond acceptors (Lipinski definition) is 1. The van der Waals surface area contributed by atoms with Gasteiger partial charge in [-0.1, -0.05) is 46.4 Å². The van der Waals surface area contributed by atoms with Crippen LogP contribution in [0.3, 0.4) is 0 Å². The second-order valence-electron chi connectivity index (χ2n) is 3.45. The molecule has 1 N–H and O–H groups in total. The number of phenols is 1. The number of hydrogen-bond donors (Lipinski definition) is 1. The average molecular weight is 308 g/mol. The molecule has 2 aromatic carbocycles. The molecule has 5 heteroatoms. The van der Waals surface area contributed by atoms with Crippen LogP contribution in [0.15, 0.2) is 30.3 Å². The van der Waals surface area contributed by atoms with Gasteiger partial charge in [0.05, 0.1) is 15.1 Å². The Balaban J connectivity index is 2.60. The molecule has 2 aromatic rings. The fourth-order valence-corrected chi connectivity index (χ4v) is 2.29. The highest BCUT2D eigenvalue weighted by atomic mass is 35.5. The lowest BCUT2D eigenvalue weighted by molar-refractivity contribution is 0.475. The molecular formula is C12H6Cl4O. The van der Waals surface area contributed by atoms with Gasteiger partial charge in [0, 0.05) is 5.02 Å². The Morgan fingerprint density at radius 3 is 1.76 bits per heavy atom. The van der Waals surface area contributed by atoms with E-state index in [1.165, 1.54) is 6.07 Å². The van der Waals surface area contributed by atoms with Gasteiger partial charge in [0.25, 0.3) is 0 Å². The molecule has 0 aliphatic carbocycles. The maximum absolute atomic E-state index is 9.47. The highest BCUT2D eigenvalue weighted by Crippen LogP contribution is 2.36. The normalized spacial score (nSPS) is 10.6. The molecule has 0 aromatic heterocycles. The minimum absolute atomic E-state index is 0.0784. The first-order valence-corrected chi connectivity index (χ1v) is 6.13. The Bertz CT molecular complexity index is 537. The maximum Gasteiger partial charge on any atom is 0.117 e. The molecule has 0 aliphatic rings. The van der Waals surface area contributed by atoms with Crippen LogP contribution in [0.25, 0.3) is 11.1 Å². The van der Waals surface area contributed by atoms with Crippen LogP contribution in [0, 0.1) is 0 Å². The molecule has 2 rings (SSSR count). The van der Waals surface area contributed by atoms with E-state index in [0.29, 0.717) is 20.1 Å². The van der Waals surface area contributed by atoms with Gasteiger partial charge in [0.1, 0.15) is 5.75 Å². The van der Waals surface area contributed by atoms with Crippen molar-refractivity contribution in [2.45, 2.75) is 0 Å². The Labute approximate surface area is 118 Å². The molecule has 1 nitrogen and oxygen atoms in total. The average Bonchev–Trinajstić information content (AvgIpc) is 2.23. The Morgan fingerprint density at radius 2 is 1.24 bits per heavy atom. The van der Waals surface area contributed by atoms with Crippen molar-refractivity contribution >= 4 is 46.4 Å². The first kappa shape index (κ1) is 12.8. The minimum atomic E-state index is 0.0784. The fraction of sp³-hybridized carbons (Fsp3) is 0. The Kier molecular flexibility index (Phi) is 3.74. The maximum atomic E-state index is 9.47. The van der Waals surface area contributed by atoms with Crippen molar-refractivity contribution in [2.24, 2.45) is 0 Å². The summed E-state index contributed by atoms with van der Waals surface area (Å²) in [6.45, 7) is 0. The summed E-state index contributed by atoms with van der Waals surface area (Å²) >= 11 is 23.6. The summed E-state index contributed by atoms with van der Waals surface area (Å²) in [7, 11) is 0. The third-order valence-corrected chi connectivity index (χ3v) is 3.61. The molecule has 0 saturated carbocycles. The van der Waals surface area contributed by atoms with E-state index in [-0.39, 0.29) is 5.75 Å². The lowest BCUT2D eigenvalue weighted by Crippen LogP contribution is -1.81. The lowest BCUT2D eigenvalue weighted by atomic mass is 10.1. The van der Waals surface area contributed by atoms with Crippen molar-refractivity contribution < 1.29 is 5.11 Å². The third kappa shape index (κ3) is 2.80. The third-order valence-electron chi connectivity index (χ3n) is 2.20. The van der Waals surface area contributed by atoms with Crippen molar-refractivity contribution in [2.75, 3.05) is 0 Å². The summed E-state index contributed by atoms with van der Waals surface area (Å²) < 4.78 is 0. The van der Waals surface area contributed by atoms with Gasteiger partial charge in [-0.05, 0) is 41.5 Å². The zero-order valence-electron chi connectivity index (χ0n) is 8.35. The molecule has 0 saturated heterocycles. The van der Waals surface area contributed by atoms with E-state index in [0.717, 1.165) is 11.1 Å². The molecule has 0 unspecified atom stereocenters. The van der Waals surface area contributed by atoms with Gasteiger partial charge in [-0.15, -0.1) is 0 Å². The van der Waals surface area contributed by atoms with Gasteiger partial charge >= 0.3 is 0 Å². The quantitative estimate of drug-likeness (QED) is 0.673.